The van der Waals surface area contributed by atoms with Crippen LogP contribution in [0, 0.1) is 6.92 Å². The average Bonchev–Trinajstić information content (AvgIpc) is 2.73. The van der Waals surface area contributed by atoms with Crippen molar-refractivity contribution in [1.29, 1.82) is 0 Å². The Hall–Kier alpha value is -0.840. The van der Waals surface area contributed by atoms with E-state index in [-0.39, 0.29) is 0 Å². The average molecular weight is 250 g/mol. The van der Waals surface area contributed by atoms with E-state index in [4.69, 9.17) is 5.73 Å². The third-order valence-electron chi connectivity index (χ3n) is 2.19. The summed E-state index contributed by atoms with van der Waals surface area (Å²) in [7, 11) is 0. The molecule has 0 aliphatic rings. The molecule has 0 saturated heterocycles. The number of rotatable bonds is 4. The zero-order valence-electron chi connectivity index (χ0n) is 9.14. The van der Waals surface area contributed by atoms with Gasteiger partial charge in [0.1, 0.15) is 4.34 Å². The van der Waals surface area contributed by atoms with Crippen LogP contribution in [0.2, 0.25) is 0 Å². The summed E-state index contributed by atoms with van der Waals surface area (Å²) in [6, 6.07) is 8.41. The van der Waals surface area contributed by atoms with Crippen molar-refractivity contribution in [2.75, 3.05) is 0 Å². The van der Waals surface area contributed by atoms with Crippen LogP contribution in [0.25, 0.3) is 0 Å². The van der Waals surface area contributed by atoms with E-state index >= 15 is 0 Å². The molecule has 0 fully saturated rings. The summed E-state index contributed by atoms with van der Waals surface area (Å²) >= 11 is 3.49. The molecular formula is C12H14N2S2. The SMILES string of the molecule is Cc1csc(SCc2cccc(CN)c2)n1. The molecule has 0 spiro atoms. The summed E-state index contributed by atoms with van der Waals surface area (Å²) in [5, 5.41) is 2.08. The minimum absolute atomic E-state index is 0.606. The van der Waals surface area contributed by atoms with Crippen molar-refractivity contribution in [3.63, 3.8) is 0 Å². The molecule has 16 heavy (non-hydrogen) atoms. The van der Waals surface area contributed by atoms with Gasteiger partial charge in [0.05, 0.1) is 0 Å². The lowest BCUT2D eigenvalue weighted by Crippen LogP contribution is -1.96. The minimum Gasteiger partial charge on any atom is -0.326 e. The van der Waals surface area contributed by atoms with E-state index in [2.05, 4.69) is 34.6 Å². The normalized spacial score (nSPS) is 10.6. The van der Waals surface area contributed by atoms with Crippen molar-refractivity contribution in [1.82, 2.24) is 4.98 Å². The summed E-state index contributed by atoms with van der Waals surface area (Å²) in [6.45, 7) is 2.63. The smallest absolute Gasteiger partial charge is 0.150 e. The number of hydrogen-bond donors (Lipinski definition) is 1. The third kappa shape index (κ3) is 3.07. The van der Waals surface area contributed by atoms with Crippen LogP contribution in [0.5, 0.6) is 0 Å². The molecule has 2 N–H and O–H groups in total. The second kappa shape index (κ2) is 5.48. The minimum atomic E-state index is 0.606. The first-order chi connectivity index (χ1) is 7.78. The summed E-state index contributed by atoms with van der Waals surface area (Å²) in [5.41, 5.74) is 9.21. The third-order valence-corrected chi connectivity index (χ3v) is 4.40. The van der Waals surface area contributed by atoms with Gasteiger partial charge in [-0.1, -0.05) is 36.0 Å². The van der Waals surface area contributed by atoms with Crippen LogP contribution < -0.4 is 5.73 Å². The summed E-state index contributed by atoms with van der Waals surface area (Å²) in [6.07, 6.45) is 0. The highest BCUT2D eigenvalue weighted by molar-refractivity contribution is 8.00. The van der Waals surface area contributed by atoms with E-state index < -0.39 is 0 Å². The van der Waals surface area contributed by atoms with Gasteiger partial charge in [-0.25, -0.2) is 4.98 Å². The fourth-order valence-corrected chi connectivity index (χ4v) is 3.18. The van der Waals surface area contributed by atoms with Gasteiger partial charge in [0, 0.05) is 23.4 Å². The van der Waals surface area contributed by atoms with E-state index in [0.717, 1.165) is 15.8 Å². The molecule has 1 aromatic carbocycles. The first-order valence-corrected chi connectivity index (χ1v) is 6.97. The quantitative estimate of drug-likeness (QED) is 0.847. The van der Waals surface area contributed by atoms with E-state index in [9.17, 15) is 0 Å². The summed E-state index contributed by atoms with van der Waals surface area (Å²) in [4.78, 5) is 4.43. The zero-order chi connectivity index (χ0) is 11.4. The Bertz CT molecular complexity index is 466. The number of hydrogen-bond acceptors (Lipinski definition) is 4. The van der Waals surface area contributed by atoms with Crippen molar-refractivity contribution in [3.05, 3.63) is 46.5 Å². The van der Waals surface area contributed by atoms with Gasteiger partial charge in [-0.05, 0) is 18.1 Å². The number of aryl methyl sites for hydroxylation is 1. The maximum Gasteiger partial charge on any atom is 0.150 e. The molecule has 0 atom stereocenters. The maximum absolute atomic E-state index is 5.61. The molecule has 0 unspecified atom stereocenters. The second-order valence-electron chi connectivity index (χ2n) is 3.57. The van der Waals surface area contributed by atoms with Crippen LogP contribution in [0.4, 0.5) is 0 Å². The highest BCUT2D eigenvalue weighted by Crippen LogP contribution is 2.26. The van der Waals surface area contributed by atoms with Crippen LogP contribution in [-0.4, -0.2) is 4.98 Å². The highest BCUT2D eigenvalue weighted by Gasteiger charge is 2.01. The van der Waals surface area contributed by atoms with Gasteiger partial charge in [-0.3, -0.25) is 0 Å². The Labute approximate surface area is 104 Å². The number of thiazole rings is 1. The van der Waals surface area contributed by atoms with Gasteiger partial charge in [0.25, 0.3) is 0 Å². The van der Waals surface area contributed by atoms with Crippen molar-refractivity contribution >= 4 is 23.1 Å². The number of benzene rings is 1. The molecular weight excluding hydrogens is 236 g/mol. The molecule has 0 aliphatic heterocycles. The van der Waals surface area contributed by atoms with Crippen molar-refractivity contribution in [2.45, 2.75) is 23.6 Å². The zero-order valence-corrected chi connectivity index (χ0v) is 10.8. The molecule has 2 aromatic rings. The van der Waals surface area contributed by atoms with E-state index in [1.807, 2.05) is 6.92 Å². The Morgan fingerprint density at radius 1 is 1.38 bits per heavy atom. The molecule has 0 saturated carbocycles. The fraction of sp³-hybridized carbons (Fsp3) is 0.250. The molecule has 1 heterocycles. The molecule has 0 bridgehead atoms. The first kappa shape index (κ1) is 11.6. The molecule has 0 amide bonds. The Morgan fingerprint density at radius 3 is 2.88 bits per heavy atom. The number of aromatic nitrogens is 1. The number of thioether (sulfide) groups is 1. The lowest BCUT2D eigenvalue weighted by atomic mass is 10.1. The largest absolute Gasteiger partial charge is 0.326 e. The van der Waals surface area contributed by atoms with E-state index in [1.165, 1.54) is 11.1 Å². The molecule has 4 heteroatoms. The van der Waals surface area contributed by atoms with Crippen LogP contribution in [-0.2, 0) is 12.3 Å². The van der Waals surface area contributed by atoms with Crippen molar-refractivity contribution in [2.24, 2.45) is 5.73 Å². The fourth-order valence-electron chi connectivity index (χ4n) is 1.39. The molecule has 2 nitrogen and oxygen atoms in total. The van der Waals surface area contributed by atoms with Crippen LogP contribution in [0.15, 0.2) is 34.0 Å². The topological polar surface area (TPSA) is 38.9 Å². The van der Waals surface area contributed by atoms with Crippen molar-refractivity contribution < 1.29 is 0 Å². The van der Waals surface area contributed by atoms with Gasteiger partial charge < -0.3 is 5.73 Å². The molecule has 1 aromatic heterocycles. The molecule has 84 valence electrons. The Kier molecular flexibility index (Phi) is 3.98. The lowest BCUT2D eigenvalue weighted by Gasteiger charge is -2.01. The maximum atomic E-state index is 5.61. The predicted octanol–water partition coefficient (Wildman–Crippen LogP) is 3.20. The van der Waals surface area contributed by atoms with Crippen LogP contribution in [0.1, 0.15) is 16.8 Å². The summed E-state index contributed by atoms with van der Waals surface area (Å²) < 4.78 is 1.13. The molecule has 2 rings (SSSR count). The number of nitrogens with two attached hydrogens (primary N) is 1. The monoisotopic (exact) mass is 250 g/mol. The van der Waals surface area contributed by atoms with Gasteiger partial charge in [-0.2, -0.15) is 0 Å². The molecule has 0 aliphatic carbocycles. The van der Waals surface area contributed by atoms with Crippen LogP contribution >= 0.6 is 23.1 Å². The lowest BCUT2D eigenvalue weighted by molar-refractivity contribution is 1.06. The summed E-state index contributed by atoms with van der Waals surface area (Å²) in [5.74, 6) is 0.959. The highest BCUT2D eigenvalue weighted by atomic mass is 32.2. The predicted molar refractivity (Wildman–Crippen MR) is 70.7 cm³/mol. The van der Waals surface area contributed by atoms with Gasteiger partial charge >= 0.3 is 0 Å². The molecule has 0 radical (unpaired) electrons. The number of nitrogens with zero attached hydrogens (tertiary/aromatic N) is 1. The van der Waals surface area contributed by atoms with Gasteiger partial charge in [0.2, 0.25) is 0 Å². The van der Waals surface area contributed by atoms with E-state index in [1.54, 1.807) is 23.1 Å². The van der Waals surface area contributed by atoms with Gasteiger partial charge in [0.15, 0.2) is 0 Å². The first-order valence-electron chi connectivity index (χ1n) is 5.11. The van der Waals surface area contributed by atoms with Gasteiger partial charge in [-0.15, -0.1) is 11.3 Å². The van der Waals surface area contributed by atoms with E-state index in [0.29, 0.717) is 6.54 Å². The van der Waals surface area contributed by atoms with Crippen molar-refractivity contribution in [3.8, 4) is 0 Å². The Balaban J connectivity index is 1.99. The standard InChI is InChI=1S/C12H14N2S2/c1-9-7-15-12(14-9)16-8-11-4-2-3-10(5-11)6-13/h2-5,7H,6,8,13H2,1H3. The van der Waals surface area contributed by atoms with Crippen LogP contribution in [0.3, 0.4) is 0 Å². The second-order valence-corrected chi connectivity index (χ2v) is 5.65. The Morgan fingerprint density at radius 2 is 2.19 bits per heavy atom.